The van der Waals surface area contributed by atoms with E-state index in [2.05, 4.69) is 68.5 Å². The summed E-state index contributed by atoms with van der Waals surface area (Å²) in [4.78, 5) is 12.2. The summed E-state index contributed by atoms with van der Waals surface area (Å²) >= 11 is 0. The second-order valence-corrected chi connectivity index (χ2v) is 7.67. The van der Waals surface area contributed by atoms with E-state index in [4.69, 9.17) is 4.52 Å². The average Bonchev–Trinajstić information content (AvgIpc) is 3.08. The minimum atomic E-state index is -0.110. The summed E-state index contributed by atoms with van der Waals surface area (Å²) < 4.78 is 5.22. The second kappa shape index (κ2) is 7.30. The van der Waals surface area contributed by atoms with Crippen LogP contribution >= 0.6 is 0 Å². The van der Waals surface area contributed by atoms with E-state index in [-0.39, 0.29) is 17.4 Å². The number of hydrogen-bond acceptors (Lipinski definition) is 3. The summed E-state index contributed by atoms with van der Waals surface area (Å²) in [6.07, 6.45) is 0. The van der Waals surface area contributed by atoms with Gasteiger partial charge < -0.3 is 9.84 Å². The van der Waals surface area contributed by atoms with E-state index >= 15 is 0 Å². The van der Waals surface area contributed by atoms with Crippen LogP contribution in [0.2, 0.25) is 0 Å². The molecule has 3 aromatic rings. The zero-order chi connectivity index (χ0) is 18.7. The Kier molecular flexibility index (Phi) is 5.09. The zero-order valence-electron chi connectivity index (χ0n) is 15.7. The predicted molar refractivity (Wildman–Crippen MR) is 103 cm³/mol. The maximum absolute atomic E-state index is 12.2. The summed E-state index contributed by atoms with van der Waals surface area (Å²) in [7, 11) is 0. The smallest absolute Gasteiger partial charge is 0.281 e. The van der Waals surface area contributed by atoms with Crippen LogP contribution in [0.3, 0.4) is 0 Å². The molecule has 26 heavy (non-hydrogen) atoms. The summed E-state index contributed by atoms with van der Waals surface area (Å²) in [5, 5.41) is 11.3. The number of nitrogens with two attached hydrogens (primary N) is 1. The number of anilines is 1. The Hall–Kier alpha value is -2.66. The summed E-state index contributed by atoms with van der Waals surface area (Å²) in [5.74, 6) is 0.292. The Bertz CT molecular complexity index is 904. The van der Waals surface area contributed by atoms with Crippen LogP contribution in [0.25, 0.3) is 10.8 Å². The van der Waals surface area contributed by atoms with Crippen LogP contribution in [0.1, 0.15) is 45.0 Å². The highest BCUT2D eigenvalue weighted by Gasteiger charge is 2.20. The molecule has 5 heteroatoms. The van der Waals surface area contributed by atoms with Gasteiger partial charge in [0.05, 0.1) is 5.69 Å². The van der Waals surface area contributed by atoms with Gasteiger partial charge >= 0.3 is 0 Å². The standard InChI is InChI=1S/C21H25N3O2/c1-14(16-11-7-9-15-8-5-6-10-17(15)16)22-13-19(25)23-20-12-18(24-26-20)21(2,3)4/h5-12,14,22H,13H2,1-4H3,(H,23,25)/p+1/t14-/m0/s1. The number of amides is 1. The molecular weight excluding hydrogens is 326 g/mol. The highest BCUT2D eigenvalue weighted by atomic mass is 16.5. The highest BCUT2D eigenvalue weighted by molar-refractivity contribution is 5.90. The lowest BCUT2D eigenvalue weighted by molar-refractivity contribution is -0.682. The molecule has 0 fully saturated rings. The van der Waals surface area contributed by atoms with Crippen LogP contribution < -0.4 is 10.6 Å². The van der Waals surface area contributed by atoms with Crippen molar-refractivity contribution in [2.24, 2.45) is 0 Å². The molecule has 0 aliphatic carbocycles. The average molecular weight is 352 g/mol. The molecule has 1 amide bonds. The fourth-order valence-corrected chi connectivity index (χ4v) is 2.93. The Balaban J connectivity index is 1.61. The molecule has 136 valence electrons. The second-order valence-electron chi connectivity index (χ2n) is 7.67. The van der Waals surface area contributed by atoms with Gasteiger partial charge in [0.1, 0.15) is 6.04 Å². The van der Waals surface area contributed by atoms with E-state index < -0.39 is 0 Å². The van der Waals surface area contributed by atoms with Crippen LogP contribution in [0.15, 0.2) is 53.1 Å². The number of hydrogen-bond donors (Lipinski definition) is 2. The molecule has 2 aromatic carbocycles. The number of rotatable bonds is 5. The third-order valence-corrected chi connectivity index (χ3v) is 4.51. The normalized spacial score (nSPS) is 12.9. The van der Waals surface area contributed by atoms with Crippen molar-refractivity contribution in [2.75, 3.05) is 11.9 Å². The fraction of sp³-hybridized carbons (Fsp3) is 0.333. The lowest BCUT2D eigenvalue weighted by atomic mass is 9.92. The Morgan fingerprint density at radius 1 is 1.19 bits per heavy atom. The third-order valence-electron chi connectivity index (χ3n) is 4.51. The molecule has 1 heterocycles. The van der Waals surface area contributed by atoms with E-state index in [0.29, 0.717) is 12.4 Å². The molecule has 1 aromatic heterocycles. The molecule has 3 N–H and O–H groups in total. The van der Waals surface area contributed by atoms with Gasteiger partial charge in [-0.05, 0) is 17.7 Å². The van der Waals surface area contributed by atoms with Gasteiger partial charge in [0.2, 0.25) is 5.88 Å². The van der Waals surface area contributed by atoms with Crippen molar-refractivity contribution in [3.05, 3.63) is 59.8 Å². The van der Waals surface area contributed by atoms with Gasteiger partial charge in [-0.15, -0.1) is 0 Å². The van der Waals surface area contributed by atoms with Crippen LogP contribution in [0, 0.1) is 0 Å². The predicted octanol–water partition coefficient (Wildman–Crippen LogP) is 3.39. The number of fused-ring (bicyclic) bond motifs is 1. The van der Waals surface area contributed by atoms with Gasteiger partial charge in [-0.1, -0.05) is 68.4 Å². The van der Waals surface area contributed by atoms with Crippen molar-refractivity contribution in [1.82, 2.24) is 5.16 Å². The molecule has 5 nitrogen and oxygen atoms in total. The van der Waals surface area contributed by atoms with Crippen LogP contribution in [-0.4, -0.2) is 17.6 Å². The van der Waals surface area contributed by atoms with Crippen molar-refractivity contribution in [3.63, 3.8) is 0 Å². The van der Waals surface area contributed by atoms with Crippen molar-refractivity contribution in [2.45, 2.75) is 39.2 Å². The van der Waals surface area contributed by atoms with Gasteiger partial charge in [-0.2, -0.15) is 0 Å². The van der Waals surface area contributed by atoms with Gasteiger partial charge in [-0.3, -0.25) is 10.1 Å². The van der Waals surface area contributed by atoms with Gasteiger partial charge in [0.25, 0.3) is 5.91 Å². The lowest BCUT2D eigenvalue weighted by Crippen LogP contribution is -2.86. The minimum absolute atomic E-state index is 0.103. The van der Waals surface area contributed by atoms with E-state index in [0.717, 1.165) is 5.69 Å². The van der Waals surface area contributed by atoms with Crippen molar-refractivity contribution in [1.29, 1.82) is 0 Å². The van der Waals surface area contributed by atoms with Gasteiger partial charge in [0, 0.05) is 17.0 Å². The highest BCUT2D eigenvalue weighted by Crippen LogP contribution is 2.24. The van der Waals surface area contributed by atoms with E-state index in [1.807, 2.05) is 17.4 Å². The van der Waals surface area contributed by atoms with Crippen LogP contribution in [0.4, 0.5) is 5.88 Å². The molecule has 3 rings (SSSR count). The summed E-state index contributed by atoms with van der Waals surface area (Å²) in [6.45, 7) is 8.58. The first-order chi connectivity index (χ1) is 12.3. The number of quaternary nitrogens is 1. The molecular formula is C21H26N3O2+. The largest absolute Gasteiger partial charge is 0.338 e. The van der Waals surface area contributed by atoms with E-state index in [1.54, 1.807) is 6.07 Å². The number of nitrogens with zero attached hydrogens (tertiary/aromatic N) is 1. The summed E-state index contributed by atoms with van der Waals surface area (Å²) in [6, 6.07) is 16.6. The molecule has 0 saturated heterocycles. The molecule has 0 spiro atoms. The maximum atomic E-state index is 12.2. The zero-order valence-corrected chi connectivity index (χ0v) is 15.7. The first kappa shape index (κ1) is 18.1. The van der Waals surface area contributed by atoms with E-state index in [9.17, 15) is 4.79 Å². The number of aromatic nitrogens is 1. The number of nitrogens with one attached hydrogen (secondary N) is 1. The summed E-state index contributed by atoms with van der Waals surface area (Å²) in [5.41, 5.74) is 1.94. The lowest BCUT2D eigenvalue weighted by Gasteiger charge is -2.13. The SMILES string of the molecule is C[C@H]([NH2+]CC(=O)Nc1cc(C(C)(C)C)no1)c1cccc2ccccc12. The quantitative estimate of drug-likeness (QED) is 0.739. The molecule has 0 saturated carbocycles. The molecule has 0 aliphatic heterocycles. The van der Waals surface area contributed by atoms with Crippen molar-refractivity contribution >= 4 is 22.6 Å². The maximum Gasteiger partial charge on any atom is 0.281 e. The first-order valence-electron chi connectivity index (χ1n) is 8.92. The molecule has 0 aliphatic rings. The Morgan fingerprint density at radius 3 is 2.65 bits per heavy atom. The molecule has 0 bridgehead atoms. The van der Waals surface area contributed by atoms with Gasteiger partial charge in [-0.25, -0.2) is 0 Å². The monoisotopic (exact) mass is 352 g/mol. The Labute approximate surface area is 153 Å². The topological polar surface area (TPSA) is 71.7 Å². The molecule has 0 radical (unpaired) electrons. The van der Waals surface area contributed by atoms with Crippen molar-refractivity contribution < 1.29 is 14.6 Å². The van der Waals surface area contributed by atoms with E-state index in [1.165, 1.54) is 16.3 Å². The first-order valence-corrected chi connectivity index (χ1v) is 8.92. The number of carbonyl (C=O) groups excluding carboxylic acids is 1. The van der Waals surface area contributed by atoms with Crippen LogP contribution in [0.5, 0.6) is 0 Å². The molecule has 1 atom stereocenters. The fourth-order valence-electron chi connectivity index (χ4n) is 2.93. The minimum Gasteiger partial charge on any atom is -0.338 e. The molecule has 0 unspecified atom stereocenters. The van der Waals surface area contributed by atoms with Gasteiger partial charge in [0.15, 0.2) is 6.54 Å². The van der Waals surface area contributed by atoms with Crippen molar-refractivity contribution in [3.8, 4) is 0 Å². The number of carbonyl (C=O) groups is 1. The third kappa shape index (κ3) is 4.11. The number of benzene rings is 2. The Morgan fingerprint density at radius 2 is 1.92 bits per heavy atom. The van der Waals surface area contributed by atoms with Crippen LogP contribution in [-0.2, 0) is 10.2 Å².